The first-order valence-corrected chi connectivity index (χ1v) is 5.67. The molecule has 0 bridgehead atoms. The fourth-order valence-electron chi connectivity index (χ4n) is 1.25. The average molecular weight is 305 g/mol. The van der Waals surface area contributed by atoms with Crippen LogP contribution in [-0.4, -0.2) is 11.7 Å². The Hall–Kier alpha value is -0.130. The second-order valence-corrected chi connectivity index (χ2v) is 5.43. The van der Waals surface area contributed by atoms with Gasteiger partial charge < -0.3 is 10.8 Å². The van der Waals surface area contributed by atoms with E-state index in [9.17, 15) is 5.11 Å². The van der Waals surface area contributed by atoms with E-state index in [1.807, 2.05) is 32.0 Å². The SMILES string of the molecule is CC(C)(CO)[C@@H](N)c1cccc(I)c1. The minimum Gasteiger partial charge on any atom is -0.396 e. The molecule has 0 aromatic heterocycles. The Balaban J connectivity index is 2.94. The zero-order chi connectivity index (χ0) is 10.8. The van der Waals surface area contributed by atoms with E-state index < -0.39 is 0 Å². The van der Waals surface area contributed by atoms with Crippen LogP contribution in [0.2, 0.25) is 0 Å². The minimum absolute atomic E-state index is 0.0969. The number of aliphatic hydroxyl groups excluding tert-OH is 1. The van der Waals surface area contributed by atoms with Gasteiger partial charge in [-0.15, -0.1) is 0 Å². The van der Waals surface area contributed by atoms with Crippen LogP contribution in [0.15, 0.2) is 24.3 Å². The molecule has 2 nitrogen and oxygen atoms in total. The number of halogens is 1. The van der Waals surface area contributed by atoms with Crippen LogP contribution in [0.3, 0.4) is 0 Å². The number of benzene rings is 1. The van der Waals surface area contributed by atoms with Crippen molar-refractivity contribution < 1.29 is 5.11 Å². The number of hydrogen-bond donors (Lipinski definition) is 2. The Kier molecular flexibility index (Phi) is 3.92. The van der Waals surface area contributed by atoms with E-state index in [1.165, 1.54) is 3.57 Å². The molecule has 0 aliphatic rings. The van der Waals surface area contributed by atoms with E-state index in [4.69, 9.17) is 5.73 Å². The lowest BCUT2D eigenvalue weighted by Gasteiger charge is -2.29. The van der Waals surface area contributed by atoms with Crippen molar-refractivity contribution in [1.82, 2.24) is 0 Å². The number of nitrogens with two attached hydrogens (primary N) is 1. The normalized spacial score (nSPS) is 14.1. The first-order valence-electron chi connectivity index (χ1n) is 4.59. The highest BCUT2D eigenvalue weighted by atomic mass is 127. The number of aliphatic hydroxyl groups is 1. The Morgan fingerprint density at radius 2 is 2.14 bits per heavy atom. The lowest BCUT2D eigenvalue weighted by Crippen LogP contribution is -2.32. The van der Waals surface area contributed by atoms with Crippen LogP contribution in [0.5, 0.6) is 0 Å². The number of hydrogen-bond acceptors (Lipinski definition) is 2. The van der Waals surface area contributed by atoms with Crippen LogP contribution in [0.25, 0.3) is 0 Å². The van der Waals surface area contributed by atoms with Crippen molar-refractivity contribution in [3.05, 3.63) is 33.4 Å². The van der Waals surface area contributed by atoms with Gasteiger partial charge in [0.1, 0.15) is 0 Å². The maximum atomic E-state index is 9.21. The molecule has 1 rings (SSSR count). The molecular formula is C11H16INO. The van der Waals surface area contributed by atoms with E-state index >= 15 is 0 Å². The molecule has 0 amide bonds. The van der Waals surface area contributed by atoms with Crippen molar-refractivity contribution in [2.75, 3.05) is 6.61 Å². The molecule has 3 heteroatoms. The molecular weight excluding hydrogens is 289 g/mol. The van der Waals surface area contributed by atoms with Gasteiger partial charge in [0, 0.05) is 21.6 Å². The summed E-state index contributed by atoms with van der Waals surface area (Å²) in [5.74, 6) is 0. The van der Waals surface area contributed by atoms with Gasteiger partial charge in [0.15, 0.2) is 0 Å². The molecule has 0 spiro atoms. The van der Waals surface area contributed by atoms with Gasteiger partial charge in [0.2, 0.25) is 0 Å². The summed E-state index contributed by atoms with van der Waals surface area (Å²) in [4.78, 5) is 0. The van der Waals surface area contributed by atoms with Crippen LogP contribution in [-0.2, 0) is 0 Å². The topological polar surface area (TPSA) is 46.2 Å². The predicted octanol–water partition coefficient (Wildman–Crippen LogP) is 2.31. The van der Waals surface area contributed by atoms with Crippen LogP contribution in [0.4, 0.5) is 0 Å². The second kappa shape index (κ2) is 4.59. The summed E-state index contributed by atoms with van der Waals surface area (Å²) in [5.41, 5.74) is 6.90. The lowest BCUT2D eigenvalue weighted by molar-refractivity contribution is 0.132. The summed E-state index contributed by atoms with van der Waals surface area (Å²) in [6.45, 7) is 4.04. The molecule has 0 saturated heterocycles. The standard InChI is InChI=1S/C11H16INO/c1-11(2,7-14)10(13)8-4-3-5-9(12)6-8/h3-6,10,14H,7,13H2,1-2H3/t10-/m0/s1. The van der Waals surface area contributed by atoms with Gasteiger partial charge in [-0.3, -0.25) is 0 Å². The molecule has 1 atom stereocenters. The molecule has 0 radical (unpaired) electrons. The molecule has 0 saturated carbocycles. The highest BCUT2D eigenvalue weighted by Crippen LogP contribution is 2.30. The zero-order valence-corrected chi connectivity index (χ0v) is 10.7. The summed E-state index contributed by atoms with van der Waals surface area (Å²) < 4.78 is 1.17. The lowest BCUT2D eigenvalue weighted by atomic mass is 9.82. The van der Waals surface area contributed by atoms with Crippen molar-refractivity contribution in [3.63, 3.8) is 0 Å². The fourth-order valence-corrected chi connectivity index (χ4v) is 1.82. The van der Waals surface area contributed by atoms with Crippen LogP contribution < -0.4 is 5.73 Å². The van der Waals surface area contributed by atoms with Crippen molar-refractivity contribution in [2.45, 2.75) is 19.9 Å². The highest BCUT2D eigenvalue weighted by molar-refractivity contribution is 14.1. The Morgan fingerprint density at radius 1 is 1.50 bits per heavy atom. The molecule has 1 aromatic rings. The molecule has 78 valence electrons. The first kappa shape index (κ1) is 11.9. The van der Waals surface area contributed by atoms with Gasteiger partial charge >= 0.3 is 0 Å². The molecule has 0 aliphatic carbocycles. The summed E-state index contributed by atoms with van der Waals surface area (Å²) in [6, 6.07) is 7.96. The Labute approximate surface area is 98.7 Å². The minimum atomic E-state index is -0.273. The third kappa shape index (κ3) is 2.68. The van der Waals surface area contributed by atoms with E-state index in [1.54, 1.807) is 0 Å². The van der Waals surface area contributed by atoms with Gasteiger partial charge in [-0.2, -0.15) is 0 Å². The molecule has 0 aliphatic heterocycles. The zero-order valence-electron chi connectivity index (χ0n) is 8.50. The Bertz CT molecular complexity index is 312. The van der Waals surface area contributed by atoms with Gasteiger partial charge in [-0.25, -0.2) is 0 Å². The van der Waals surface area contributed by atoms with Crippen molar-refractivity contribution >= 4 is 22.6 Å². The van der Waals surface area contributed by atoms with Crippen LogP contribution in [0, 0.1) is 8.99 Å². The fraction of sp³-hybridized carbons (Fsp3) is 0.455. The van der Waals surface area contributed by atoms with E-state index in [0.717, 1.165) is 5.56 Å². The summed E-state index contributed by atoms with van der Waals surface area (Å²) in [6.07, 6.45) is 0. The highest BCUT2D eigenvalue weighted by Gasteiger charge is 2.26. The summed E-state index contributed by atoms with van der Waals surface area (Å²) >= 11 is 2.26. The van der Waals surface area contributed by atoms with E-state index in [2.05, 4.69) is 28.7 Å². The van der Waals surface area contributed by atoms with Crippen LogP contribution >= 0.6 is 22.6 Å². The third-order valence-electron chi connectivity index (χ3n) is 2.46. The Morgan fingerprint density at radius 3 is 2.64 bits per heavy atom. The van der Waals surface area contributed by atoms with Crippen molar-refractivity contribution in [3.8, 4) is 0 Å². The quantitative estimate of drug-likeness (QED) is 0.842. The van der Waals surface area contributed by atoms with Crippen molar-refractivity contribution in [2.24, 2.45) is 11.1 Å². The molecule has 3 N–H and O–H groups in total. The maximum Gasteiger partial charge on any atom is 0.0500 e. The van der Waals surface area contributed by atoms with Gasteiger partial charge in [0.25, 0.3) is 0 Å². The maximum absolute atomic E-state index is 9.21. The van der Waals surface area contributed by atoms with Crippen molar-refractivity contribution in [1.29, 1.82) is 0 Å². The van der Waals surface area contributed by atoms with Gasteiger partial charge in [-0.05, 0) is 40.3 Å². The summed E-state index contributed by atoms with van der Waals surface area (Å²) in [7, 11) is 0. The molecule has 0 fully saturated rings. The average Bonchev–Trinajstić information content (AvgIpc) is 2.16. The van der Waals surface area contributed by atoms with Gasteiger partial charge in [-0.1, -0.05) is 26.0 Å². The summed E-state index contributed by atoms with van der Waals surface area (Å²) in [5, 5.41) is 9.21. The molecule has 1 aromatic carbocycles. The monoisotopic (exact) mass is 305 g/mol. The van der Waals surface area contributed by atoms with Gasteiger partial charge in [0.05, 0.1) is 0 Å². The van der Waals surface area contributed by atoms with Crippen LogP contribution in [0.1, 0.15) is 25.5 Å². The van der Waals surface area contributed by atoms with E-state index in [0.29, 0.717) is 0 Å². The largest absolute Gasteiger partial charge is 0.396 e. The third-order valence-corrected chi connectivity index (χ3v) is 3.13. The number of rotatable bonds is 3. The molecule has 14 heavy (non-hydrogen) atoms. The molecule has 0 heterocycles. The second-order valence-electron chi connectivity index (χ2n) is 4.18. The molecule has 0 unspecified atom stereocenters. The smallest absolute Gasteiger partial charge is 0.0500 e. The predicted molar refractivity (Wildman–Crippen MR) is 67.0 cm³/mol. The van der Waals surface area contributed by atoms with E-state index in [-0.39, 0.29) is 18.1 Å². The first-order chi connectivity index (χ1) is 6.47.